The highest BCUT2D eigenvalue weighted by Gasteiger charge is 2.33. The molecule has 43 heavy (non-hydrogen) atoms. The number of carbonyl (C=O) groups is 1. The summed E-state index contributed by atoms with van der Waals surface area (Å²) >= 11 is 0. The van der Waals surface area contributed by atoms with Gasteiger partial charge in [-0.15, -0.1) is 0 Å². The molecular weight excluding hydrogens is 583 g/mol. The van der Waals surface area contributed by atoms with Crippen LogP contribution in [0.5, 0.6) is 5.75 Å². The van der Waals surface area contributed by atoms with Gasteiger partial charge in [0.25, 0.3) is 0 Å². The van der Waals surface area contributed by atoms with E-state index in [1.165, 1.54) is 0 Å². The molecule has 0 bridgehead atoms. The number of hydrogen-bond donors (Lipinski definition) is 3. The van der Waals surface area contributed by atoms with Crippen molar-refractivity contribution in [1.82, 2.24) is 14.9 Å². The first-order chi connectivity index (χ1) is 20.5. The molecule has 3 aromatic carbocycles. The first-order valence-electron chi connectivity index (χ1n) is 14.2. The van der Waals surface area contributed by atoms with Gasteiger partial charge in [0.05, 0.1) is 35.3 Å². The van der Waals surface area contributed by atoms with Gasteiger partial charge in [-0.3, -0.25) is 9.69 Å². The van der Waals surface area contributed by atoms with Crippen molar-refractivity contribution in [2.24, 2.45) is 0 Å². The van der Waals surface area contributed by atoms with Crippen molar-refractivity contribution in [2.75, 3.05) is 19.7 Å². The molecule has 0 aromatic heterocycles. The lowest BCUT2D eigenvalue weighted by Crippen LogP contribution is -2.38. The summed E-state index contributed by atoms with van der Waals surface area (Å²) in [4.78, 5) is 15.0. The molecule has 0 saturated carbocycles. The SMILES string of the molecule is O=C(CC(NS(=O)(=O)c1cccc(C(F)(F)F)c1)c1ccccc1)NC1CCOc2cc(CN3CCCC(O)C3)ccc21. The molecule has 2 aliphatic heterocycles. The minimum Gasteiger partial charge on any atom is -0.493 e. The van der Waals surface area contributed by atoms with Crippen molar-refractivity contribution in [3.05, 3.63) is 95.1 Å². The summed E-state index contributed by atoms with van der Waals surface area (Å²) < 4.78 is 74.4. The van der Waals surface area contributed by atoms with Crippen molar-refractivity contribution < 1.29 is 36.2 Å². The van der Waals surface area contributed by atoms with Crippen LogP contribution in [0, 0.1) is 0 Å². The maximum Gasteiger partial charge on any atom is 0.416 e. The summed E-state index contributed by atoms with van der Waals surface area (Å²) in [7, 11) is -4.41. The van der Waals surface area contributed by atoms with Crippen LogP contribution in [-0.4, -0.2) is 50.1 Å². The molecule has 12 heteroatoms. The van der Waals surface area contributed by atoms with Crippen LogP contribution in [0.4, 0.5) is 13.2 Å². The fraction of sp³-hybridized carbons (Fsp3) is 0.387. The highest BCUT2D eigenvalue weighted by atomic mass is 32.2. The Hall–Kier alpha value is -3.45. The van der Waals surface area contributed by atoms with Gasteiger partial charge in [-0.1, -0.05) is 48.5 Å². The van der Waals surface area contributed by atoms with E-state index in [0.29, 0.717) is 43.5 Å². The van der Waals surface area contributed by atoms with Crippen molar-refractivity contribution in [2.45, 2.75) is 61.5 Å². The van der Waals surface area contributed by atoms with Gasteiger partial charge in [-0.25, -0.2) is 13.1 Å². The molecule has 1 fully saturated rings. The highest BCUT2D eigenvalue weighted by Crippen LogP contribution is 2.34. The highest BCUT2D eigenvalue weighted by molar-refractivity contribution is 7.89. The molecule has 2 aliphatic rings. The molecule has 0 radical (unpaired) electrons. The number of nitrogens with zero attached hydrogens (tertiary/aromatic N) is 1. The number of alkyl halides is 3. The molecule has 1 amide bonds. The van der Waals surface area contributed by atoms with Crippen LogP contribution in [0.25, 0.3) is 0 Å². The average Bonchev–Trinajstić information content (AvgIpc) is 2.97. The first-order valence-corrected chi connectivity index (χ1v) is 15.7. The van der Waals surface area contributed by atoms with E-state index in [-0.39, 0.29) is 18.6 Å². The van der Waals surface area contributed by atoms with Gasteiger partial charge >= 0.3 is 6.18 Å². The van der Waals surface area contributed by atoms with E-state index in [2.05, 4.69) is 14.9 Å². The van der Waals surface area contributed by atoms with Crippen LogP contribution in [0.1, 0.15) is 60.0 Å². The van der Waals surface area contributed by atoms with Gasteiger partial charge in [-0.2, -0.15) is 13.2 Å². The lowest BCUT2D eigenvalue weighted by molar-refractivity contribution is -0.137. The predicted molar refractivity (Wildman–Crippen MR) is 154 cm³/mol. The second kappa shape index (κ2) is 13.0. The Morgan fingerprint density at radius 1 is 1.05 bits per heavy atom. The maximum atomic E-state index is 13.3. The number of benzene rings is 3. The van der Waals surface area contributed by atoms with Crippen LogP contribution in [0.2, 0.25) is 0 Å². The number of aliphatic hydroxyl groups is 1. The number of sulfonamides is 1. The zero-order chi connectivity index (χ0) is 30.6. The summed E-state index contributed by atoms with van der Waals surface area (Å²) in [6, 6.07) is 16.4. The molecule has 5 rings (SSSR count). The van der Waals surface area contributed by atoms with Crippen LogP contribution < -0.4 is 14.8 Å². The third kappa shape index (κ3) is 7.94. The second-order valence-electron chi connectivity index (χ2n) is 11.0. The second-order valence-corrected chi connectivity index (χ2v) is 12.7. The molecule has 1 saturated heterocycles. The maximum absolute atomic E-state index is 13.3. The molecular formula is C31H34F3N3O5S. The summed E-state index contributed by atoms with van der Waals surface area (Å²) in [5, 5.41) is 13.0. The number of carbonyl (C=O) groups excluding carboxylic acids is 1. The Labute approximate surface area is 248 Å². The van der Waals surface area contributed by atoms with Gasteiger partial charge in [-0.05, 0) is 54.8 Å². The van der Waals surface area contributed by atoms with Crippen LogP contribution in [-0.2, 0) is 27.5 Å². The summed E-state index contributed by atoms with van der Waals surface area (Å²) in [6.45, 7) is 2.59. The molecule has 230 valence electrons. The van der Waals surface area contributed by atoms with Crippen molar-refractivity contribution in [1.29, 1.82) is 0 Å². The third-order valence-corrected chi connectivity index (χ3v) is 9.17. The van der Waals surface area contributed by atoms with E-state index in [9.17, 15) is 31.5 Å². The number of hydrogen-bond acceptors (Lipinski definition) is 6. The molecule has 3 aromatic rings. The van der Waals surface area contributed by atoms with E-state index >= 15 is 0 Å². The average molecular weight is 618 g/mol. The first kappa shape index (κ1) is 31.0. The summed E-state index contributed by atoms with van der Waals surface area (Å²) in [5.74, 6) is 0.237. The van der Waals surface area contributed by atoms with E-state index in [4.69, 9.17) is 4.74 Å². The molecule has 0 spiro atoms. The smallest absolute Gasteiger partial charge is 0.416 e. The Kier molecular flexibility index (Phi) is 9.40. The number of likely N-dealkylation sites (tertiary alicyclic amines) is 1. The fourth-order valence-corrected chi connectivity index (χ4v) is 6.83. The predicted octanol–water partition coefficient (Wildman–Crippen LogP) is 4.71. The molecule has 3 atom stereocenters. The Balaban J connectivity index is 1.30. The summed E-state index contributed by atoms with van der Waals surface area (Å²) in [5.41, 5.74) is 1.25. The minimum atomic E-state index is -4.71. The third-order valence-electron chi connectivity index (χ3n) is 7.70. The lowest BCUT2D eigenvalue weighted by atomic mass is 9.97. The van der Waals surface area contributed by atoms with Crippen LogP contribution >= 0.6 is 0 Å². The quantitative estimate of drug-likeness (QED) is 0.321. The summed E-state index contributed by atoms with van der Waals surface area (Å²) in [6.07, 6.45) is -3.04. The number of piperidine rings is 1. The number of ether oxygens (including phenoxy) is 1. The van der Waals surface area contributed by atoms with Crippen molar-refractivity contribution in [3.63, 3.8) is 0 Å². The molecule has 0 aliphatic carbocycles. The number of β-amino-alcohol motifs (C(OH)–C–C–N with tert-alkyl or cyclic N) is 1. The van der Waals surface area contributed by atoms with E-state index in [0.717, 1.165) is 48.7 Å². The van der Waals surface area contributed by atoms with Crippen LogP contribution in [0.3, 0.4) is 0 Å². The molecule has 3 N–H and O–H groups in total. The van der Waals surface area contributed by atoms with Gasteiger partial charge in [0.2, 0.25) is 15.9 Å². The molecule has 3 unspecified atom stereocenters. The normalized spacial score (nSPS) is 20.1. The number of rotatable bonds is 9. The number of fused-ring (bicyclic) bond motifs is 1. The van der Waals surface area contributed by atoms with Gasteiger partial charge in [0.15, 0.2) is 0 Å². The van der Waals surface area contributed by atoms with Crippen molar-refractivity contribution in [3.8, 4) is 5.75 Å². The molecule has 2 heterocycles. The van der Waals surface area contributed by atoms with E-state index in [1.54, 1.807) is 30.3 Å². The standard InChI is InChI=1S/C31H34F3N3O5S/c32-31(33,34)23-8-4-10-25(17-23)43(40,41)36-28(22-6-2-1-3-7-22)18-30(39)35-27-13-15-42-29-16-21(11-12-26(27)29)19-37-14-5-9-24(38)20-37/h1-4,6-8,10-12,16-17,24,27-28,36,38H,5,9,13-15,18-20H2,(H,35,39). The lowest BCUT2D eigenvalue weighted by Gasteiger charge is -2.31. The Morgan fingerprint density at radius 2 is 1.84 bits per heavy atom. The molecule has 8 nitrogen and oxygen atoms in total. The van der Waals surface area contributed by atoms with Crippen LogP contribution in [0.15, 0.2) is 77.7 Å². The monoisotopic (exact) mass is 617 g/mol. The number of nitrogens with one attached hydrogen (secondary N) is 2. The van der Waals surface area contributed by atoms with Gasteiger partial charge in [0, 0.05) is 31.5 Å². The van der Waals surface area contributed by atoms with E-state index in [1.807, 2.05) is 18.2 Å². The number of aliphatic hydroxyl groups excluding tert-OH is 1. The number of amides is 1. The fourth-order valence-electron chi connectivity index (χ4n) is 5.56. The zero-order valence-electron chi connectivity index (χ0n) is 23.4. The Morgan fingerprint density at radius 3 is 2.58 bits per heavy atom. The Bertz CT molecular complexity index is 1540. The topological polar surface area (TPSA) is 108 Å². The van der Waals surface area contributed by atoms with Gasteiger partial charge in [0.1, 0.15) is 5.75 Å². The minimum absolute atomic E-state index is 0.274. The zero-order valence-corrected chi connectivity index (χ0v) is 24.2. The number of halogens is 3. The largest absolute Gasteiger partial charge is 0.493 e. The van der Waals surface area contributed by atoms with Crippen molar-refractivity contribution >= 4 is 15.9 Å². The van der Waals surface area contributed by atoms with E-state index < -0.39 is 38.6 Å². The van der Waals surface area contributed by atoms with Gasteiger partial charge < -0.3 is 15.2 Å².